The first-order valence-corrected chi connectivity index (χ1v) is 6.64. The minimum absolute atomic E-state index is 0.484. The van der Waals surface area contributed by atoms with Crippen LogP contribution in [0.25, 0.3) is 5.65 Å². The van der Waals surface area contributed by atoms with Gasteiger partial charge in [-0.05, 0) is 19.1 Å². The molecule has 0 fully saturated rings. The third kappa shape index (κ3) is 2.77. The van der Waals surface area contributed by atoms with Crippen LogP contribution in [0.15, 0.2) is 36.7 Å². The molecule has 0 bridgehead atoms. The Bertz CT molecular complexity index is 754. The molecule has 0 spiro atoms. The Morgan fingerprint density at radius 3 is 3.10 bits per heavy atom. The van der Waals surface area contributed by atoms with E-state index in [0.717, 1.165) is 17.3 Å². The van der Waals surface area contributed by atoms with Crippen molar-refractivity contribution in [1.82, 2.24) is 19.6 Å². The zero-order valence-corrected chi connectivity index (χ0v) is 11.7. The molecular formula is C14H16N6O. The quantitative estimate of drug-likeness (QED) is 0.738. The highest BCUT2D eigenvalue weighted by Gasteiger charge is 2.08. The van der Waals surface area contributed by atoms with Crippen LogP contribution >= 0.6 is 0 Å². The van der Waals surface area contributed by atoms with Crippen molar-refractivity contribution < 1.29 is 4.74 Å². The molecule has 2 aromatic heterocycles. The normalized spacial score (nSPS) is 10.8. The number of rotatable bonds is 5. The molecule has 3 rings (SSSR count). The number of anilines is 2. The molecule has 21 heavy (non-hydrogen) atoms. The lowest BCUT2D eigenvalue weighted by Crippen LogP contribution is -2.10. The summed E-state index contributed by atoms with van der Waals surface area (Å²) in [5.41, 5.74) is 6.98. The summed E-state index contributed by atoms with van der Waals surface area (Å²) in [6.07, 6.45) is 3.54. The molecular weight excluding hydrogens is 268 g/mol. The fraction of sp³-hybridized carbons (Fsp3) is 0.214. The van der Waals surface area contributed by atoms with Gasteiger partial charge in [0.05, 0.1) is 0 Å². The first-order valence-electron chi connectivity index (χ1n) is 6.64. The van der Waals surface area contributed by atoms with Crippen molar-refractivity contribution in [2.24, 2.45) is 5.73 Å². The molecule has 7 heteroatoms. The average Bonchev–Trinajstić information content (AvgIpc) is 2.88. The van der Waals surface area contributed by atoms with Crippen LogP contribution in [0.2, 0.25) is 0 Å². The molecule has 0 aliphatic rings. The van der Waals surface area contributed by atoms with Crippen molar-refractivity contribution in [3.8, 4) is 5.75 Å². The van der Waals surface area contributed by atoms with E-state index in [1.807, 2.05) is 41.8 Å². The molecule has 0 aliphatic carbocycles. The summed E-state index contributed by atoms with van der Waals surface area (Å²) in [5, 5.41) is 11.4. The molecule has 0 unspecified atom stereocenters. The summed E-state index contributed by atoms with van der Waals surface area (Å²) in [4.78, 5) is 4.31. The summed E-state index contributed by atoms with van der Waals surface area (Å²) in [5.74, 6) is 2.22. The minimum Gasteiger partial charge on any atom is -0.492 e. The van der Waals surface area contributed by atoms with E-state index in [2.05, 4.69) is 20.5 Å². The fourth-order valence-electron chi connectivity index (χ4n) is 2.01. The number of nitrogens with one attached hydrogen (secondary N) is 1. The standard InChI is InChI=1S/C14H16N6O/c1-10-18-19-14-13(16-6-7-20(10)14)17-11-3-2-4-12(9-11)21-8-5-15/h2-4,6-7,9H,5,8,15H2,1H3,(H,16,17). The van der Waals surface area contributed by atoms with Gasteiger partial charge in [-0.1, -0.05) is 6.07 Å². The molecule has 3 N–H and O–H groups in total. The largest absolute Gasteiger partial charge is 0.492 e. The van der Waals surface area contributed by atoms with Crippen LogP contribution in [-0.2, 0) is 0 Å². The van der Waals surface area contributed by atoms with Crippen molar-refractivity contribution >= 4 is 17.2 Å². The third-order valence-corrected chi connectivity index (χ3v) is 2.98. The number of benzene rings is 1. The van der Waals surface area contributed by atoms with E-state index < -0.39 is 0 Å². The molecule has 7 nitrogen and oxygen atoms in total. The Morgan fingerprint density at radius 1 is 1.33 bits per heavy atom. The van der Waals surface area contributed by atoms with Gasteiger partial charge in [0.15, 0.2) is 5.82 Å². The predicted molar refractivity (Wildman–Crippen MR) is 79.8 cm³/mol. The molecule has 0 aliphatic heterocycles. The Kier molecular flexibility index (Phi) is 3.65. The van der Waals surface area contributed by atoms with Crippen LogP contribution in [0.1, 0.15) is 5.82 Å². The first kappa shape index (κ1) is 13.3. The molecule has 2 heterocycles. The van der Waals surface area contributed by atoms with Gasteiger partial charge in [0, 0.05) is 30.7 Å². The fourth-order valence-corrected chi connectivity index (χ4v) is 2.01. The number of nitrogens with zero attached hydrogens (tertiary/aromatic N) is 4. The van der Waals surface area contributed by atoms with Crippen LogP contribution in [0.4, 0.5) is 11.5 Å². The number of aromatic nitrogens is 4. The maximum absolute atomic E-state index is 5.51. The molecule has 1 aromatic carbocycles. The van der Waals surface area contributed by atoms with Crippen LogP contribution in [0, 0.1) is 6.92 Å². The van der Waals surface area contributed by atoms with Crippen LogP contribution in [-0.4, -0.2) is 32.7 Å². The van der Waals surface area contributed by atoms with Crippen LogP contribution < -0.4 is 15.8 Å². The third-order valence-electron chi connectivity index (χ3n) is 2.98. The average molecular weight is 284 g/mol. The molecule has 0 radical (unpaired) electrons. The van der Waals surface area contributed by atoms with Gasteiger partial charge in [0.1, 0.15) is 18.2 Å². The van der Waals surface area contributed by atoms with Crippen LogP contribution in [0.3, 0.4) is 0 Å². The van der Waals surface area contributed by atoms with Crippen molar-refractivity contribution in [1.29, 1.82) is 0 Å². The molecule has 3 aromatic rings. The number of nitrogens with two attached hydrogens (primary N) is 1. The predicted octanol–water partition coefficient (Wildman–Crippen LogP) is 1.51. The van der Waals surface area contributed by atoms with E-state index in [1.165, 1.54) is 0 Å². The number of hydrogen-bond donors (Lipinski definition) is 2. The van der Waals surface area contributed by atoms with E-state index in [0.29, 0.717) is 24.6 Å². The van der Waals surface area contributed by atoms with Crippen molar-refractivity contribution in [2.45, 2.75) is 6.92 Å². The summed E-state index contributed by atoms with van der Waals surface area (Å²) < 4.78 is 7.39. The molecule has 0 atom stereocenters. The van der Waals surface area contributed by atoms with Gasteiger partial charge >= 0.3 is 0 Å². The summed E-state index contributed by atoms with van der Waals surface area (Å²) >= 11 is 0. The van der Waals surface area contributed by atoms with Gasteiger partial charge in [-0.3, -0.25) is 4.40 Å². The Hall–Kier alpha value is -2.67. The SMILES string of the molecule is Cc1nnc2c(Nc3cccc(OCCN)c3)nccn12. The lowest BCUT2D eigenvalue weighted by molar-refractivity contribution is 0.328. The minimum atomic E-state index is 0.484. The lowest BCUT2D eigenvalue weighted by Gasteiger charge is -2.09. The topological polar surface area (TPSA) is 90.4 Å². The number of fused-ring (bicyclic) bond motifs is 1. The zero-order valence-electron chi connectivity index (χ0n) is 11.7. The van der Waals surface area contributed by atoms with Crippen molar-refractivity contribution in [2.75, 3.05) is 18.5 Å². The smallest absolute Gasteiger partial charge is 0.204 e. The van der Waals surface area contributed by atoms with Crippen molar-refractivity contribution in [3.05, 3.63) is 42.5 Å². The maximum atomic E-state index is 5.51. The van der Waals surface area contributed by atoms with E-state index in [1.54, 1.807) is 6.20 Å². The van der Waals surface area contributed by atoms with Gasteiger partial charge in [-0.25, -0.2) is 4.98 Å². The second-order valence-corrected chi connectivity index (χ2v) is 4.51. The highest BCUT2D eigenvalue weighted by molar-refractivity contribution is 5.70. The molecule has 0 saturated heterocycles. The van der Waals surface area contributed by atoms with Gasteiger partial charge in [0.2, 0.25) is 5.65 Å². The zero-order chi connectivity index (χ0) is 14.7. The second kappa shape index (κ2) is 5.76. The highest BCUT2D eigenvalue weighted by atomic mass is 16.5. The number of aryl methyl sites for hydroxylation is 1. The Labute approximate surface area is 121 Å². The number of hydrogen-bond acceptors (Lipinski definition) is 6. The summed E-state index contributed by atoms with van der Waals surface area (Å²) in [6, 6.07) is 7.62. The summed E-state index contributed by atoms with van der Waals surface area (Å²) in [7, 11) is 0. The van der Waals surface area contributed by atoms with E-state index in [4.69, 9.17) is 10.5 Å². The number of ether oxygens (including phenoxy) is 1. The first-order chi connectivity index (χ1) is 10.3. The Morgan fingerprint density at radius 2 is 2.24 bits per heavy atom. The molecule has 0 amide bonds. The maximum Gasteiger partial charge on any atom is 0.204 e. The van der Waals surface area contributed by atoms with E-state index >= 15 is 0 Å². The van der Waals surface area contributed by atoms with E-state index in [-0.39, 0.29) is 0 Å². The molecule has 0 saturated carbocycles. The van der Waals surface area contributed by atoms with E-state index in [9.17, 15) is 0 Å². The highest BCUT2D eigenvalue weighted by Crippen LogP contribution is 2.22. The van der Waals surface area contributed by atoms with Gasteiger partial charge in [-0.15, -0.1) is 10.2 Å². The summed E-state index contributed by atoms with van der Waals surface area (Å²) in [6.45, 7) is 2.86. The molecule has 108 valence electrons. The monoisotopic (exact) mass is 284 g/mol. The second-order valence-electron chi connectivity index (χ2n) is 4.51. The Balaban J connectivity index is 1.88. The van der Waals surface area contributed by atoms with Gasteiger partial charge in [-0.2, -0.15) is 0 Å². The van der Waals surface area contributed by atoms with Gasteiger partial charge in [0.25, 0.3) is 0 Å². The van der Waals surface area contributed by atoms with Crippen LogP contribution in [0.5, 0.6) is 5.75 Å². The van der Waals surface area contributed by atoms with Gasteiger partial charge < -0.3 is 15.8 Å². The van der Waals surface area contributed by atoms with Crippen molar-refractivity contribution in [3.63, 3.8) is 0 Å². The lowest BCUT2D eigenvalue weighted by atomic mass is 10.3.